The van der Waals surface area contributed by atoms with Crippen molar-refractivity contribution in [3.63, 3.8) is 0 Å². The Morgan fingerprint density at radius 3 is 2.46 bits per heavy atom. The lowest BCUT2D eigenvalue weighted by Gasteiger charge is -2.27. The van der Waals surface area contributed by atoms with E-state index in [4.69, 9.17) is 9.47 Å². The van der Waals surface area contributed by atoms with E-state index in [9.17, 15) is 8.78 Å². The van der Waals surface area contributed by atoms with Gasteiger partial charge >= 0.3 is 0 Å². The number of hydrogen-bond donors (Lipinski definition) is 0. The van der Waals surface area contributed by atoms with Crippen LogP contribution >= 0.6 is 0 Å². The second-order valence-electron chi connectivity index (χ2n) is 6.55. The lowest BCUT2D eigenvalue weighted by atomic mass is 9.90. The van der Waals surface area contributed by atoms with Crippen LogP contribution in [-0.4, -0.2) is 19.8 Å². The first-order valence-corrected chi connectivity index (χ1v) is 9.04. The van der Waals surface area contributed by atoms with Crippen molar-refractivity contribution in [1.29, 1.82) is 0 Å². The Hall–Kier alpha value is -2.20. The number of rotatable bonds is 5. The van der Waals surface area contributed by atoms with Crippen molar-refractivity contribution in [2.45, 2.75) is 38.2 Å². The van der Waals surface area contributed by atoms with E-state index in [2.05, 4.69) is 19.1 Å². The fraction of sp³-hybridized carbons (Fsp3) is 0.364. The third kappa shape index (κ3) is 3.96. The minimum absolute atomic E-state index is 0.0890. The summed E-state index contributed by atoms with van der Waals surface area (Å²) in [5.74, 6) is -1.59. The van der Waals surface area contributed by atoms with Crippen LogP contribution in [-0.2, 0) is 4.74 Å². The maximum atomic E-state index is 14.3. The van der Waals surface area contributed by atoms with Gasteiger partial charge in [0.1, 0.15) is 0 Å². The van der Waals surface area contributed by atoms with E-state index in [0.717, 1.165) is 19.3 Å². The van der Waals surface area contributed by atoms with E-state index in [1.165, 1.54) is 18.7 Å². The van der Waals surface area contributed by atoms with Crippen molar-refractivity contribution in [1.82, 2.24) is 0 Å². The highest BCUT2D eigenvalue weighted by Gasteiger charge is 2.22. The van der Waals surface area contributed by atoms with Crippen LogP contribution in [0.15, 0.2) is 48.6 Å². The van der Waals surface area contributed by atoms with Crippen LogP contribution in [0.2, 0.25) is 0 Å². The normalized spacial score (nSPS) is 20.5. The molecular formula is C22H24F2O2. The fourth-order valence-corrected chi connectivity index (χ4v) is 3.32. The average molecular weight is 358 g/mol. The van der Waals surface area contributed by atoms with E-state index in [1.807, 2.05) is 24.3 Å². The van der Waals surface area contributed by atoms with Gasteiger partial charge in [-0.25, -0.2) is 4.39 Å². The SMILES string of the molecule is CC/C=C/C1CCC(c2ccc(-c3ccc(OC)c(F)c3F)cc2)CO1. The van der Waals surface area contributed by atoms with E-state index in [-0.39, 0.29) is 17.4 Å². The van der Waals surface area contributed by atoms with E-state index >= 15 is 0 Å². The maximum absolute atomic E-state index is 14.3. The third-order valence-electron chi connectivity index (χ3n) is 4.86. The Bertz CT molecular complexity index is 760. The summed E-state index contributed by atoms with van der Waals surface area (Å²) in [6, 6.07) is 10.6. The first-order chi connectivity index (χ1) is 12.6. The molecule has 1 aliphatic heterocycles. The summed E-state index contributed by atoms with van der Waals surface area (Å²) < 4.78 is 38.9. The number of allylic oxidation sites excluding steroid dienone is 1. The predicted octanol–water partition coefficient (Wildman–Crippen LogP) is 5.87. The van der Waals surface area contributed by atoms with Gasteiger partial charge in [-0.3, -0.25) is 0 Å². The molecule has 0 radical (unpaired) electrons. The van der Waals surface area contributed by atoms with Gasteiger partial charge in [0.2, 0.25) is 5.82 Å². The summed E-state index contributed by atoms with van der Waals surface area (Å²) >= 11 is 0. The van der Waals surface area contributed by atoms with Gasteiger partial charge in [-0.2, -0.15) is 4.39 Å². The molecule has 0 spiro atoms. The van der Waals surface area contributed by atoms with Crippen LogP contribution in [0.25, 0.3) is 11.1 Å². The largest absolute Gasteiger partial charge is 0.494 e. The van der Waals surface area contributed by atoms with Gasteiger partial charge in [0.25, 0.3) is 0 Å². The summed E-state index contributed by atoms with van der Waals surface area (Å²) in [6.07, 6.45) is 7.57. The Morgan fingerprint density at radius 1 is 1.08 bits per heavy atom. The molecule has 0 aliphatic carbocycles. The van der Waals surface area contributed by atoms with Gasteiger partial charge < -0.3 is 9.47 Å². The molecule has 1 aliphatic rings. The average Bonchev–Trinajstić information content (AvgIpc) is 2.69. The van der Waals surface area contributed by atoms with Crippen LogP contribution in [0.4, 0.5) is 8.78 Å². The lowest BCUT2D eigenvalue weighted by Crippen LogP contribution is -2.23. The molecule has 0 N–H and O–H groups in total. The molecular weight excluding hydrogens is 334 g/mol. The molecule has 0 bridgehead atoms. The minimum Gasteiger partial charge on any atom is -0.494 e. The van der Waals surface area contributed by atoms with Crippen molar-refractivity contribution in [3.8, 4) is 16.9 Å². The van der Waals surface area contributed by atoms with E-state index < -0.39 is 11.6 Å². The molecule has 0 saturated carbocycles. The molecule has 2 aromatic rings. The molecule has 0 amide bonds. The molecule has 2 nitrogen and oxygen atoms in total. The summed E-state index contributed by atoms with van der Waals surface area (Å²) in [6.45, 7) is 2.80. The first-order valence-electron chi connectivity index (χ1n) is 9.04. The molecule has 26 heavy (non-hydrogen) atoms. The second kappa shape index (κ2) is 8.45. The van der Waals surface area contributed by atoms with Crippen molar-refractivity contribution >= 4 is 0 Å². The molecule has 3 rings (SSSR count). The molecule has 2 atom stereocenters. The molecule has 1 saturated heterocycles. The Balaban J connectivity index is 1.72. The zero-order valence-electron chi connectivity index (χ0n) is 15.2. The van der Waals surface area contributed by atoms with Crippen LogP contribution < -0.4 is 4.74 Å². The Kier molecular flexibility index (Phi) is 6.04. The number of hydrogen-bond acceptors (Lipinski definition) is 2. The smallest absolute Gasteiger partial charge is 0.201 e. The summed E-state index contributed by atoms with van der Waals surface area (Å²) in [5.41, 5.74) is 2.05. The van der Waals surface area contributed by atoms with Gasteiger partial charge in [-0.15, -0.1) is 0 Å². The van der Waals surface area contributed by atoms with Crippen molar-refractivity contribution in [2.75, 3.05) is 13.7 Å². The van der Waals surface area contributed by atoms with Crippen molar-refractivity contribution < 1.29 is 18.3 Å². The number of benzene rings is 2. The number of methoxy groups -OCH3 is 1. The van der Waals surface area contributed by atoms with Gasteiger partial charge in [-0.05, 0) is 42.5 Å². The Morgan fingerprint density at radius 2 is 1.85 bits per heavy atom. The van der Waals surface area contributed by atoms with Crippen molar-refractivity contribution in [2.24, 2.45) is 0 Å². The Labute approximate surface area is 153 Å². The highest BCUT2D eigenvalue weighted by atomic mass is 19.2. The second-order valence-corrected chi connectivity index (χ2v) is 6.55. The topological polar surface area (TPSA) is 18.5 Å². The van der Waals surface area contributed by atoms with E-state index in [0.29, 0.717) is 18.1 Å². The summed E-state index contributed by atoms with van der Waals surface area (Å²) in [4.78, 5) is 0. The van der Waals surface area contributed by atoms with Gasteiger partial charge in [0.05, 0.1) is 19.8 Å². The standard InChI is InChI=1S/C22H24F2O2/c1-3-4-5-18-11-10-17(14-26-18)15-6-8-16(9-7-15)19-12-13-20(25-2)22(24)21(19)23/h4-9,12-13,17-18H,3,10-11,14H2,1-2H3/b5-4+. The predicted molar refractivity (Wildman–Crippen MR) is 99.5 cm³/mol. The lowest BCUT2D eigenvalue weighted by molar-refractivity contribution is 0.0326. The molecule has 2 aromatic carbocycles. The number of ether oxygens (including phenoxy) is 2. The quantitative estimate of drug-likeness (QED) is 0.622. The monoisotopic (exact) mass is 358 g/mol. The first kappa shape index (κ1) is 18.6. The highest BCUT2D eigenvalue weighted by molar-refractivity contribution is 5.65. The molecule has 138 valence electrons. The van der Waals surface area contributed by atoms with Crippen molar-refractivity contribution in [3.05, 3.63) is 65.7 Å². The summed E-state index contributed by atoms with van der Waals surface area (Å²) in [5, 5.41) is 0. The van der Waals surface area contributed by atoms with Crippen LogP contribution in [0.5, 0.6) is 5.75 Å². The maximum Gasteiger partial charge on any atom is 0.201 e. The molecule has 4 heteroatoms. The van der Waals surface area contributed by atoms with Crippen LogP contribution in [0.3, 0.4) is 0 Å². The number of halogens is 2. The van der Waals surface area contributed by atoms with Gasteiger partial charge in [0, 0.05) is 11.5 Å². The molecule has 2 unspecified atom stereocenters. The van der Waals surface area contributed by atoms with Crippen LogP contribution in [0.1, 0.15) is 37.7 Å². The molecule has 1 heterocycles. The van der Waals surface area contributed by atoms with Crippen LogP contribution in [0, 0.1) is 11.6 Å². The zero-order valence-corrected chi connectivity index (χ0v) is 15.2. The van der Waals surface area contributed by atoms with E-state index in [1.54, 1.807) is 6.07 Å². The van der Waals surface area contributed by atoms with Gasteiger partial charge in [-0.1, -0.05) is 43.3 Å². The van der Waals surface area contributed by atoms with Gasteiger partial charge in [0.15, 0.2) is 11.6 Å². The fourth-order valence-electron chi connectivity index (χ4n) is 3.32. The molecule has 0 aromatic heterocycles. The molecule has 1 fully saturated rings. The third-order valence-corrected chi connectivity index (χ3v) is 4.86. The highest BCUT2D eigenvalue weighted by Crippen LogP contribution is 2.33. The zero-order chi connectivity index (χ0) is 18.5. The summed E-state index contributed by atoms with van der Waals surface area (Å²) in [7, 11) is 1.32. The minimum atomic E-state index is -0.957.